The maximum atomic E-state index is 12.0. The largest absolute Gasteiger partial charge is 0.433 e. The van der Waals surface area contributed by atoms with E-state index in [2.05, 4.69) is 25.2 Å². The van der Waals surface area contributed by atoms with Crippen molar-refractivity contribution in [2.24, 2.45) is 0 Å². The van der Waals surface area contributed by atoms with Gasteiger partial charge < -0.3 is 10.1 Å². The first-order valence-corrected chi connectivity index (χ1v) is 5.35. The molecular weight excluding hydrogens is 282 g/mol. The minimum atomic E-state index is -2.97. The Bertz CT molecular complexity index is 577. The summed E-state index contributed by atoms with van der Waals surface area (Å²) < 4.78 is 28.2. The van der Waals surface area contributed by atoms with Crippen LogP contribution < -0.4 is 10.1 Å². The average molecular weight is 289 g/mol. The number of hydrogen-bond donors (Lipinski definition) is 2. The van der Waals surface area contributed by atoms with Crippen molar-refractivity contribution in [2.75, 3.05) is 5.32 Å². The number of nitrogens with one attached hydrogen (secondary N) is 2. The third-order valence-corrected chi connectivity index (χ3v) is 2.33. The Kier molecular flexibility index (Phi) is 3.91. The van der Waals surface area contributed by atoms with E-state index in [4.69, 9.17) is 11.6 Å². The van der Waals surface area contributed by atoms with Gasteiger partial charge in [0.1, 0.15) is 12.1 Å². The van der Waals surface area contributed by atoms with Crippen LogP contribution in [-0.2, 0) is 0 Å². The third kappa shape index (κ3) is 3.38. The van der Waals surface area contributed by atoms with Gasteiger partial charge in [-0.05, 0) is 18.2 Å². The fourth-order valence-corrected chi connectivity index (χ4v) is 1.50. The van der Waals surface area contributed by atoms with Crippen molar-refractivity contribution in [3.05, 3.63) is 35.4 Å². The number of carbonyl (C=O) groups is 1. The van der Waals surface area contributed by atoms with Gasteiger partial charge in [-0.2, -0.15) is 13.9 Å². The van der Waals surface area contributed by atoms with Crippen LogP contribution in [0.1, 0.15) is 10.6 Å². The summed E-state index contributed by atoms with van der Waals surface area (Å²) in [5, 5.41) is 8.32. The van der Waals surface area contributed by atoms with Gasteiger partial charge in [0.05, 0.1) is 5.02 Å². The number of hydrogen-bond acceptors (Lipinski definition) is 4. The van der Waals surface area contributed by atoms with Crippen molar-refractivity contribution in [3.8, 4) is 5.75 Å². The van der Waals surface area contributed by atoms with E-state index in [1.54, 1.807) is 0 Å². The number of aromatic nitrogens is 3. The molecule has 2 N–H and O–H groups in total. The Hall–Kier alpha value is -2.22. The zero-order chi connectivity index (χ0) is 13.8. The Balaban J connectivity index is 2.10. The predicted octanol–water partition coefficient (Wildman–Crippen LogP) is 2.31. The summed E-state index contributed by atoms with van der Waals surface area (Å²) in [5.74, 6) is -0.686. The van der Waals surface area contributed by atoms with Gasteiger partial charge in [-0.15, -0.1) is 0 Å². The Morgan fingerprint density at radius 2 is 2.26 bits per heavy atom. The van der Waals surface area contributed by atoms with Gasteiger partial charge in [-0.25, -0.2) is 4.98 Å². The average Bonchev–Trinajstić information content (AvgIpc) is 2.86. The Morgan fingerprint density at radius 3 is 2.84 bits per heavy atom. The molecule has 1 aromatic heterocycles. The molecule has 0 atom stereocenters. The van der Waals surface area contributed by atoms with Crippen LogP contribution in [0.2, 0.25) is 5.02 Å². The molecule has 9 heteroatoms. The standard InChI is InChI=1S/C10H7ClF2N4O2/c11-6-3-5(1-2-7(6)19-10(12)13)16-9(18)8-14-4-15-17-8/h1-4,10H,(H,16,18)(H,14,15,17). The lowest BCUT2D eigenvalue weighted by molar-refractivity contribution is -0.0497. The summed E-state index contributed by atoms with van der Waals surface area (Å²) >= 11 is 5.74. The molecule has 19 heavy (non-hydrogen) atoms. The quantitative estimate of drug-likeness (QED) is 0.905. The highest BCUT2D eigenvalue weighted by atomic mass is 35.5. The van der Waals surface area contributed by atoms with E-state index < -0.39 is 12.5 Å². The number of carbonyl (C=O) groups excluding carboxylic acids is 1. The molecule has 0 spiro atoms. The van der Waals surface area contributed by atoms with E-state index in [9.17, 15) is 13.6 Å². The number of benzene rings is 1. The molecule has 100 valence electrons. The Labute approximate surface area is 110 Å². The van der Waals surface area contributed by atoms with E-state index in [-0.39, 0.29) is 16.6 Å². The third-order valence-electron chi connectivity index (χ3n) is 2.04. The Morgan fingerprint density at radius 1 is 1.47 bits per heavy atom. The van der Waals surface area contributed by atoms with Gasteiger partial charge in [-0.3, -0.25) is 9.89 Å². The lowest BCUT2D eigenvalue weighted by Gasteiger charge is -2.08. The fourth-order valence-electron chi connectivity index (χ4n) is 1.28. The van der Waals surface area contributed by atoms with Crippen LogP contribution in [0.5, 0.6) is 5.75 Å². The lowest BCUT2D eigenvalue weighted by atomic mass is 10.3. The first-order valence-electron chi connectivity index (χ1n) is 4.97. The van der Waals surface area contributed by atoms with Crippen LogP contribution in [0.3, 0.4) is 0 Å². The van der Waals surface area contributed by atoms with Crippen LogP contribution in [0.4, 0.5) is 14.5 Å². The van der Waals surface area contributed by atoms with E-state index in [0.717, 1.165) is 0 Å². The van der Waals surface area contributed by atoms with Crippen LogP contribution >= 0.6 is 11.6 Å². The van der Waals surface area contributed by atoms with Gasteiger partial charge in [0.25, 0.3) is 5.91 Å². The summed E-state index contributed by atoms with van der Waals surface area (Å²) in [7, 11) is 0. The van der Waals surface area contributed by atoms with E-state index in [1.807, 2.05) is 0 Å². The highest BCUT2D eigenvalue weighted by molar-refractivity contribution is 6.32. The molecule has 0 aliphatic rings. The maximum Gasteiger partial charge on any atom is 0.387 e. The number of alkyl halides is 2. The van der Waals surface area contributed by atoms with Crippen molar-refractivity contribution in [1.82, 2.24) is 15.2 Å². The number of ether oxygens (including phenoxy) is 1. The fraction of sp³-hybridized carbons (Fsp3) is 0.100. The molecule has 2 aromatic rings. The van der Waals surface area contributed by atoms with Gasteiger partial charge in [0.15, 0.2) is 0 Å². The molecule has 0 unspecified atom stereocenters. The molecule has 0 bridgehead atoms. The van der Waals surface area contributed by atoms with Crippen molar-refractivity contribution < 1.29 is 18.3 Å². The van der Waals surface area contributed by atoms with Gasteiger partial charge >= 0.3 is 6.61 Å². The number of H-pyrrole nitrogens is 1. The zero-order valence-electron chi connectivity index (χ0n) is 9.23. The molecule has 6 nitrogen and oxygen atoms in total. The first-order chi connectivity index (χ1) is 9.06. The van der Waals surface area contributed by atoms with E-state index >= 15 is 0 Å². The number of halogens is 3. The van der Waals surface area contributed by atoms with Crippen LogP contribution in [0.15, 0.2) is 24.5 Å². The smallest absolute Gasteiger partial charge is 0.387 e. The van der Waals surface area contributed by atoms with Crippen molar-refractivity contribution in [2.45, 2.75) is 6.61 Å². The number of rotatable bonds is 4. The molecule has 0 saturated heterocycles. The molecule has 0 aliphatic heterocycles. The first kappa shape index (κ1) is 13.2. The summed E-state index contributed by atoms with van der Waals surface area (Å²) in [6.07, 6.45) is 1.18. The molecule has 0 aliphatic carbocycles. The second-order valence-electron chi connectivity index (χ2n) is 3.31. The normalized spacial score (nSPS) is 10.5. The van der Waals surface area contributed by atoms with Crippen molar-refractivity contribution in [1.29, 1.82) is 0 Å². The molecule has 2 rings (SSSR count). The maximum absolute atomic E-state index is 12.0. The highest BCUT2D eigenvalue weighted by Crippen LogP contribution is 2.28. The van der Waals surface area contributed by atoms with Crippen LogP contribution in [0, 0.1) is 0 Å². The topological polar surface area (TPSA) is 79.9 Å². The van der Waals surface area contributed by atoms with Gasteiger partial charge in [-0.1, -0.05) is 11.6 Å². The van der Waals surface area contributed by atoms with Crippen LogP contribution in [0.25, 0.3) is 0 Å². The molecule has 1 aromatic carbocycles. The minimum Gasteiger partial charge on any atom is -0.433 e. The monoisotopic (exact) mass is 288 g/mol. The molecule has 1 heterocycles. The summed E-state index contributed by atoms with van der Waals surface area (Å²) in [4.78, 5) is 15.3. The number of amides is 1. The second-order valence-corrected chi connectivity index (χ2v) is 3.72. The van der Waals surface area contributed by atoms with Crippen molar-refractivity contribution in [3.63, 3.8) is 0 Å². The SMILES string of the molecule is O=C(Nc1ccc(OC(F)F)c(Cl)c1)c1ncn[nH]1. The number of nitrogens with zero attached hydrogens (tertiary/aromatic N) is 2. The molecule has 0 fully saturated rings. The summed E-state index contributed by atoms with van der Waals surface area (Å²) in [5.41, 5.74) is 0.313. The molecule has 1 amide bonds. The van der Waals surface area contributed by atoms with E-state index in [0.29, 0.717) is 5.69 Å². The second kappa shape index (κ2) is 5.61. The summed E-state index contributed by atoms with van der Waals surface area (Å²) in [6, 6.07) is 3.88. The number of aromatic amines is 1. The minimum absolute atomic E-state index is 0.0176. The van der Waals surface area contributed by atoms with Gasteiger partial charge in [0.2, 0.25) is 5.82 Å². The van der Waals surface area contributed by atoms with Crippen LogP contribution in [-0.4, -0.2) is 27.7 Å². The highest BCUT2D eigenvalue weighted by Gasteiger charge is 2.12. The lowest BCUT2D eigenvalue weighted by Crippen LogP contribution is -2.13. The van der Waals surface area contributed by atoms with Gasteiger partial charge in [0, 0.05) is 5.69 Å². The molecular formula is C10H7ClF2N4O2. The molecule has 0 saturated carbocycles. The number of anilines is 1. The summed E-state index contributed by atoms with van der Waals surface area (Å²) in [6.45, 7) is -2.97. The van der Waals surface area contributed by atoms with E-state index in [1.165, 1.54) is 24.5 Å². The van der Waals surface area contributed by atoms with Crippen molar-refractivity contribution >= 4 is 23.2 Å². The predicted molar refractivity (Wildman–Crippen MR) is 62.4 cm³/mol. The molecule has 0 radical (unpaired) electrons. The zero-order valence-corrected chi connectivity index (χ0v) is 9.99.